The van der Waals surface area contributed by atoms with Crippen molar-refractivity contribution >= 4 is 22.8 Å². The minimum atomic E-state index is -0.276. The van der Waals surface area contributed by atoms with Gasteiger partial charge in [0, 0.05) is 22.0 Å². The van der Waals surface area contributed by atoms with E-state index in [-0.39, 0.29) is 11.4 Å². The van der Waals surface area contributed by atoms with Gasteiger partial charge >= 0.3 is 0 Å². The zero-order chi connectivity index (χ0) is 18.6. The largest absolute Gasteiger partial charge is 0.354 e. The quantitative estimate of drug-likeness (QED) is 0.295. The number of H-pyrrole nitrogens is 1. The zero-order valence-electron chi connectivity index (χ0n) is 14.5. The van der Waals surface area contributed by atoms with Crippen molar-refractivity contribution < 1.29 is 4.79 Å². The van der Waals surface area contributed by atoms with Crippen LogP contribution in [0.5, 0.6) is 0 Å². The van der Waals surface area contributed by atoms with Crippen LogP contribution in [-0.2, 0) is 0 Å². The first-order valence-corrected chi connectivity index (χ1v) is 8.65. The number of nitrogens with zero attached hydrogens (tertiary/aromatic N) is 1. The number of carbonyl (C=O) groups excluding carboxylic acids is 1. The van der Waals surface area contributed by atoms with Gasteiger partial charge in [0.2, 0.25) is 5.78 Å². The molecule has 0 fully saturated rings. The Morgan fingerprint density at radius 1 is 0.852 bits per heavy atom. The van der Waals surface area contributed by atoms with E-state index >= 15 is 0 Å². The third kappa shape index (κ3) is 3.17. The molecule has 0 aliphatic carbocycles. The molecule has 1 heterocycles. The number of ketones is 1. The molecule has 0 spiro atoms. The predicted octanol–water partition coefficient (Wildman–Crippen LogP) is 5.62. The highest BCUT2D eigenvalue weighted by molar-refractivity contribution is 6.15. The molecule has 1 N–H and O–H groups in total. The van der Waals surface area contributed by atoms with Gasteiger partial charge in [-0.15, -0.1) is 0 Å². The van der Waals surface area contributed by atoms with Gasteiger partial charge in [0.05, 0.1) is 5.69 Å². The molecule has 0 aliphatic rings. The summed E-state index contributed by atoms with van der Waals surface area (Å²) in [5, 5.41) is 10.6. The van der Waals surface area contributed by atoms with E-state index in [2.05, 4.69) is 11.1 Å². The number of para-hydroxylation sites is 1. The molecule has 0 radical (unpaired) electrons. The number of allylic oxidation sites excluding steroid dienone is 1. The first kappa shape index (κ1) is 16.6. The van der Waals surface area contributed by atoms with Crippen LogP contribution in [0.3, 0.4) is 0 Å². The number of nitrogens with one attached hydrogen (secondary N) is 1. The van der Waals surface area contributed by atoms with Crippen LogP contribution in [0.15, 0.2) is 90.5 Å². The number of hydrogen-bond donors (Lipinski definition) is 1. The summed E-state index contributed by atoms with van der Waals surface area (Å²) in [5.41, 5.74) is 4.33. The fourth-order valence-corrected chi connectivity index (χ4v) is 3.18. The number of aromatic nitrogens is 1. The van der Waals surface area contributed by atoms with Gasteiger partial charge in [-0.05, 0) is 17.7 Å². The maximum Gasteiger partial charge on any atom is 0.203 e. The SMILES string of the molecule is N#CC(=Cc1c(-c2ccccc2)[nH]c2ccccc12)C(=O)c1ccccc1. The van der Waals surface area contributed by atoms with Crippen molar-refractivity contribution in [1.82, 2.24) is 4.98 Å². The number of carbonyl (C=O) groups is 1. The first-order chi connectivity index (χ1) is 13.3. The van der Waals surface area contributed by atoms with Gasteiger partial charge < -0.3 is 4.98 Å². The molecule has 1 aromatic heterocycles. The molecule has 0 saturated heterocycles. The van der Waals surface area contributed by atoms with Gasteiger partial charge in [-0.3, -0.25) is 4.79 Å². The average Bonchev–Trinajstić information content (AvgIpc) is 3.11. The fraction of sp³-hybridized carbons (Fsp3) is 0. The van der Waals surface area contributed by atoms with Crippen molar-refractivity contribution in [2.24, 2.45) is 0 Å². The number of aromatic amines is 1. The van der Waals surface area contributed by atoms with Crippen molar-refractivity contribution in [2.45, 2.75) is 0 Å². The lowest BCUT2D eigenvalue weighted by molar-refractivity contribution is 0.104. The molecule has 128 valence electrons. The maximum atomic E-state index is 12.8. The molecular formula is C24H16N2O. The lowest BCUT2D eigenvalue weighted by Crippen LogP contribution is -2.01. The Balaban J connectivity index is 1.91. The van der Waals surface area contributed by atoms with Crippen molar-refractivity contribution in [3.8, 4) is 17.3 Å². The second kappa shape index (κ2) is 7.15. The van der Waals surface area contributed by atoms with Gasteiger partial charge in [0.25, 0.3) is 0 Å². The molecule has 0 amide bonds. The molecule has 0 aliphatic heterocycles. The molecule has 0 bridgehead atoms. The van der Waals surface area contributed by atoms with Crippen LogP contribution in [0.25, 0.3) is 28.2 Å². The first-order valence-electron chi connectivity index (χ1n) is 8.65. The van der Waals surface area contributed by atoms with Crippen molar-refractivity contribution in [3.63, 3.8) is 0 Å². The van der Waals surface area contributed by atoms with Gasteiger partial charge in [-0.2, -0.15) is 5.26 Å². The lowest BCUT2D eigenvalue weighted by Gasteiger charge is -2.03. The third-order valence-electron chi connectivity index (χ3n) is 4.50. The molecule has 4 aromatic rings. The van der Waals surface area contributed by atoms with Crippen LogP contribution in [0.4, 0.5) is 0 Å². The summed E-state index contributed by atoms with van der Waals surface area (Å²) >= 11 is 0. The zero-order valence-corrected chi connectivity index (χ0v) is 14.5. The summed E-state index contributed by atoms with van der Waals surface area (Å²) in [7, 11) is 0. The summed E-state index contributed by atoms with van der Waals surface area (Å²) in [4.78, 5) is 16.2. The number of rotatable bonds is 4. The van der Waals surface area contributed by atoms with Crippen LogP contribution in [0.2, 0.25) is 0 Å². The highest BCUT2D eigenvalue weighted by atomic mass is 16.1. The Morgan fingerprint density at radius 3 is 2.19 bits per heavy atom. The molecule has 27 heavy (non-hydrogen) atoms. The van der Waals surface area contributed by atoms with Crippen molar-refractivity contribution in [3.05, 3.63) is 102 Å². The van der Waals surface area contributed by atoms with E-state index in [1.54, 1.807) is 30.3 Å². The van der Waals surface area contributed by atoms with E-state index in [0.717, 1.165) is 27.7 Å². The second-order valence-electron chi connectivity index (χ2n) is 6.19. The summed E-state index contributed by atoms with van der Waals surface area (Å²) < 4.78 is 0. The standard InChI is InChI=1S/C24H16N2O/c25-16-19(24(27)18-11-5-2-6-12-18)15-21-20-13-7-8-14-22(20)26-23(21)17-9-3-1-4-10-17/h1-15,26H. The summed E-state index contributed by atoms with van der Waals surface area (Å²) in [6.45, 7) is 0. The van der Waals surface area contributed by atoms with Crippen LogP contribution < -0.4 is 0 Å². The Bertz CT molecular complexity index is 1180. The molecule has 0 saturated carbocycles. The van der Waals surface area contributed by atoms with Crippen molar-refractivity contribution in [1.29, 1.82) is 5.26 Å². The molecule has 3 heteroatoms. The van der Waals surface area contributed by atoms with E-state index in [9.17, 15) is 10.1 Å². The number of fused-ring (bicyclic) bond motifs is 1. The molecule has 0 atom stereocenters. The predicted molar refractivity (Wildman–Crippen MR) is 108 cm³/mol. The normalized spacial score (nSPS) is 11.3. The van der Waals surface area contributed by atoms with Crippen LogP contribution in [-0.4, -0.2) is 10.8 Å². The van der Waals surface area contributed by atoms with Gasteiger partial charge in [-0.25, -0.2) is 0 Å². The van der Waals surface area contributed by atoms with Crippen LogP contribution in [0, 0.1) is 11.3 Å². The number of Topliss-reactive ketones (excluding diaryl/α,β-unsaturated/α-hetero) is 1. The summed E-state index contributed by atoms with van der Waals surface area (Å²) in [5.74, 6) is -0.276. The Morgan fingerprint density at radius 2 is 1.48 bits per heavy atom. The van der Waals surface area contributed by atoms with E-state index in [4.69, 9.17) is 0 Å². The van der Waals surface area contributed by atoms with E-state index in [1.165, 1.54) is 0 Å². The minimum absolute atomic E-state index is 0.114. The summed E-state index contributed by atoms with van der Waals surface area (Å²) in [6.07, 6.45) is 1.69. The van der Waals surface area contributed by atoms with E-state index in [1.807, 2.05) is 60.7 Å². The fourth-order valence-electron chi connectivity index (χ4n) is 3.18. The molecular weight excluding hydrogens is 332 g/mol. The van der Waals surface area contributed by atoms with E-state index in [0.29, 0.717) is 5.56 Å². The maximum absolute atomic E-state index is 12.8. The molecule has 3 aromatic carbocycles. The minimum Gasteiger partial charge on any atom is -0.354 e. The third-order valence-corrected chi connectivity index (χ3v) is 4.50. The lowest BCUT2D eigenvalue weighted by atomic mass is 9.99. The molecule has 3 nitrogen and oxygen atoms in total. The molecule has 4 rings (SSSR count). The van der Waals surface area contributed by atoms with Gasteiger partial charge in [0.15, 0.2) is 0 Å². The van der Waals surface area contributed by atoms with Crippen molar-refractivity contribution in [2.75, 3.05) is 0 Å². The Kier molecular flexibility index (Phi) is 4.38. The highest BCUT2D eigenvalue weighted by Gasteiger charge is 2.16. The van der Waals surface area contributed by atoms with Gasteiger partial charge in [0.1, 0.15) is 11.6 Å². The topological polar surface area (TPSA) is 56.6 Å². The number of benzene rings is 3. The average molecular weight is 348 g/mol. The van der Waals surface area contributed by atoms with Gasteiger partial charge in [-0.1, -0.05) is 78.9 Å². The van der Waals surface area contributed by atoms with E-state index < -0.39 is 0 Å². The second-order valence-corrected chi connectivity index (χ2v) is 6.19. The summed E-state index contributed by atoms with van der Waals surface area (Å²) in [6, 6.07) is 28.8. The Hall–Kier alpha value is -3.90. The smallest absolute Gasteiger partial charge is 0.203 e. The molecule has 0 unspecified atom stereocenters. The monoisotopic (exact) mass is 348 g/mol. The van der Waals surface area contributed by atoms with Crippen LogP contribution in [0.1, 0.15) is 15.9 Å². The number of nitriles is 1. The number of hydrogen-bond acceptors (Lipinski definition) is 2. The Labute approximate surface area is 157 Å². The van der Waals surface area contributed by atoms with Crippen LogP contribution >= 0.6 is 0 Å². The highest BCUT2D eigenvalue weighted by Crippen LogP contribution is 2.32.